The van der Waals surface area contributed by atoms with Gasteiger partial charge >= 0.3 is 18.8 Å². The molecule has 4 unspecified atom stereocenters. The lowest BCUT2D eigenvalue weighted by molar-refractivity contribution is -0.242. The number of carbonyl (C=O) groups is 2. The lowest BCUT2D eigenvalue weighted by Crippen LogP contribution is -2.54. The van der Waals surface area contributed by atoms with Crippen molar-refractivity contribution in [1.82, 2.24) is 15.1 Å². The smallest absolute Gasteiger partial charge is 0.427 e. The number of fused-ring (bicyclic) bond motifs is 1. The first-order valence-electron chi connectivity index (χ1n) is 12.5. The van der Waals surface area contributed by atoms with Gasteiger partial charge in [-0.1, -0.05) is 0 Å². The number of aromatic nitrogens is 2. The van der Waals surface area contributed by atoms with E-state index in [9.17, 15) is 44.3 Å². The quantitative estimate of drug-likeness (QED) is 0.418. The Bertz CT molecular complexity index is 1480. The molecule has 0 saturated heterocycles. The number of nitrogens with one attached hydrogen (secondary N) is 2. The molecule has 0 spiro atoms. The maximum atomic E-state index is 13.9. The summed E-state index contributed by atoms with van der Waals surface area (Å²) in [5.74, 6) is -1.50. The van der Waals surface area contributed by atoms with Crippen molar-refractivity contribution >= 4 is 33.4 Å². The Labute approximate surface area is 236 Å². The van der Waals surface area contributed by atoms with Crippen molar-refractivity contribution in [3.05, 3.63) is 30.1 Å². The molecule has 0 bridgehead atoms. The van der Waals surface area contributed by atoms with Gasteiger partial charge in [0.25, 0.3) is 10.0 Å². The van der Waals surface area contributed by atoms with Gasteiger partial charge in [-0.05, 0) is 52.3 Å². The third-order valence-electron chi connectivity index (χ3n) is 6.79. The van der Waals surface area contributed by atoms with Gasteiger partial charge in [0.15, 0.2) is 0 Å². The zero-order valence-corrected chi connectivity index (χ0v) is 23.4. The highest BCUT2D eigenvalue weighted by molar-refractivity contribution is 7.93. The van der Waals surface area contributed by atoms with Crippen molar-refractivity contribution in [3.63, 3.8) is 0 Å². The van der Waals surface area contributed by atoms with Crippen LogP contribution in [0, 0.1) is 12.8 Å². The van der Waals surface area contributed by atoms with E-state index in [4.69, 9.17) is 4.74 Å². The Balaban J connectivity index is 1.69. The molecule has 1 fully saturated rings. The molecule has 2 aromatic rings. The van der Waals surface area contributed by atoms with E-state index in [1.165, 1.54) is 26.0 Å². The summed E-state index contributed by atoms with van der Waals surface area (Å²) in [7, 11) is -4.67. The Morgan fingerprint density at radius 3 is 2.43 bits per heavy atom. The molecule has 11 nitrogen and oxygen atoms in total. The van der Waals surface area contributed by atoms with Crippen LogP contribution in [-0.2, 0) is 19.6 Å². The van der Waals surface area contributed by atoms with Crippen LogP contribution in [0.4, 0.5) is 42.5 Å². The Morgan fingerprint density at radius 1 is 1.24 bits per heavy atom. The predicted octanol–water partition coefficient (Wildman–Crippen LogP) is 4.30. The van der Waals surface area contributed by atoms with E-state index < -0.39 is 69.5 Å². The second-order valence-corrected chi connectivity index (χ2v) is 12.1. The Hall–Kier alpha value is -3.70. The van der Waals surface area contributed by atoms with Gasteiger partial charge in [-0.25, -0.2) is 22.3 Å². The van der Waals surface area contributed by atoms with E-state index in [1.807, 2.05) is 0 Å². The van der Waals surface area contributed by atoms with E-state index in [0.29, 0.717) is 20.0 Å². The number of benzene rings is 1. The molecule has 0 radical (unpaired) electrons. The number of ether oxygens (including phenoxy) is 2. The van der Waals surface area contributed by atoms with Gasteiger partial charge in [0, 0.05) is 5.69 Å². The van der Waals surface area contributed by atoms with Crippen molar-refractivity contribution < 1.29 is 53.8 Å². The number of nitrogens with zero attached hydrogens (tertiary/aromatic N) is 3. The zero-order valence-electron chi connectivity index (χ0n) is 22.6. The van der Waals surface area contributed by atoms with E-state index >= 15 is 0 Å². The summed E-state index contributed by atoms with van der Waals surface area (Å²) in [4.78, 5) is 23.9. The fourth-order valence-electron chi connectivity index (χ4n) is 4.18. The Kier molecular flexibility index (Phi) is 8.07. The van der Waals surface area contributed by atoms with Gasteiger partial charge in [-0.15, -0.1) is 0 Å². The van der Waals surface area contributed by atoms with E-state index in [1.54, 1.807) is 0 Å². The number of aryl methyl sites for hydroxylation is 1. The van der Waals surface area contributed by atoms with Crippen LogP contribution in [0.2, 0.25) is 0 Å². The highest BCUT2D eigenvalue weighted by atomic mass is 32.2. The van der Waals surface area contributed by atoms with Crippen LogP contribution in [0.3, 0.4) is 0 Å². The molecule has 1 aliphatic carbocycles. The monoisotopic (exact) mass is 627 g/mol. The number of amides is 2. The average Bonchev–Trinajstić information content (AvgIpc) is 3.45. The molecule has 1 aromatic heterocycles. The van der Waals surface area contributed by atoms with Crippen LogP contribution >= 0.6 is 0 Å². The maximum Gasteiger partial charge on any atom is 0.427 e. The molecule has 232 valence electrons. The van der Waals surface area contributed by atoms with Gasteiger partial charge in [-0.3, -0.25) is 14.4 Å². The molecule has 2 N–H and O–H groups in total. The minimum Gasteiger partial charge on any atom is -0.484 e. The highest BCUT2D eigenvalue weighted by Crippen LogP contribution is 2.42. The number of hydrogen-bond donors (Lipinski definition) is 2. The lowest BCUT2D eigenvalue weighted by Gasteiger charge is -2.41. The topological polar surface area (TPSA) is 132 Å². The number of carbonyl (C=O) groups excluding carboxylic acids is 2. The van der Waals surface area contributed by atoms with E-state index in [2.05, 4.69) is 20.5 Å². The number of anilines is 2. The lowest BCUT2D eigenvalue weighted by atomic mass is 10.1. The molecule has 1 aliphatic heterocycles. The third-order valence-corrected chi connectivity index (χ3v) is 8.80. The first-order valence-corrected chi connectivity index (χ1v) is 13.9. The third kappa shape index (κ3) is 6.07. The SMILES string of the molecule is Cc1nn(C(F)F)cc1S(=O)(=O)N1c2cc(NC(=O)OC(C)(C)C(F)(F)F)ccc2OC(CNC(=O)C2CC2F)C1C. The minimum atomic E-state index is -4.88. The number of sulfonamides is 1. The maximum absolute atomic E-state index is 13.9. The summed E-state index contributed by atoms with van der Waals surface area (Å²) >= 11 is 0. The standard InChI is InChI=1S/C24H27F6N5O6S/c1-11-19(10-34(33-11)21(26)27)42(38,39)35-12(2)18(9-31-20(36)14-8-15(14)25)40-17-6-5-13(7-16(17)35)32-22(37)41-23(3,4)24(28,29)30/h5-7,10,12,14-15,18,21H,8-9H2,1-4H3,(H,31,36)(H,32,37). The number of hydrogen-bond acceptors (Lipinski definition) is 7. The number of halogens is 6. The summed E-state index contributed by atoms with van der Waals surface area (Å²) in [6.07, 6.45) is -8.00. The van der Waals surface area contributed by atoms with Crippen LogP contribution in [0.15, 0.2) is 29.3 Å². The van der Waals surface area contributed by atoms with Crippen molar-refractivity contribution in [2.45, 2.75) is 75.7 Å². The molecule has 18 heteroatoms. The summed E-state index contributed by atoms with van der Waals surface area (Å²) in [5, 5.41) is 8.17. The zero-order chi connectivity index (χ0) is 31.4. The van der Waals surface area contributed by atoms with Gasteiger partial charge in [0.05, 0.1) is 36.1 Å². The molecule has 2 amide bonds. The molecule has 4 rings (SSSR count). The van der Waals surface area contributed by atoms with E-state index in [-0.39, 0.29) is 40.5 Å². The van der Waals surface area contributed by atoms with Crippen molar-refractivity contribution in [2.24, 2.45) is 5.92 Å². The van der Waals surface area contributed by atoms with Crippen molar-refractivity contribution in [1.29, 1.82) is 0 Å². The Morgan fingerprint density at radius 2 is 1.88 bits per heavy atom. The van der Waals surface area contributed by atoms with Crippen LogP contribution in [0.5, 0.6) is 5.75 Å². The van der Waals surface area contributed by atoms with Crippen molar-refractivity contribution in [2.75, 3.05) is 16.2 Å². The molecule has 1 aromatic carbocycles. The summed E-state index contributed by atoms with van der Waals surface area (Å²) < 4.78 is 118. The van der Waals surface area contributed by atoms with Crippen LogP contribution in [0.1, 0.15) is 39.4 Å². The molecule has 1 saturated carbocycles. The number of alkyl halides is 6. The predicted molar refractivity (Wildman–Crippen MR) is 134 cm³/mol. The molecule has 2 heterocycles. The van der Waals surface area contributed by atoms with Gasteiger partial charge in [0.1, 0.15) is 22.9 Å². The van der Waals surface area contributed by atoms with Crippen molar-refractivity contribution in [3.8, 4) is 5.75 Å². The summed E-state index contributed by atoms with van der Waals surface area (Å²) in [6.45, 7) is 0.494. The van der Waals surface area contributed by atoms with Gasteiger partial charge < -0.3 is 14.8 Å². The van der Waals surface area contributed by atoms with Gasteiger partial charge in [-0.2, -0.15) is 27.1 Å². The first kappa shape index (κ1) is 31.2. The highest BCUT2D eigenvalue weighted by Gasteiger charge is 2.51. The normalized spacial score (nSPS) is 22.3. The molecule has 4 atom stereocenters. The minimum absolute atomic E-state index is 0.0576. The molecular weight excluding hydrogens is 600 g/mol. The number of rotatable bonds is 8. The summed E-state index contributed by atoms with van der Waals surface area (Å²) in [5.41, 5.74) is -3.48. The molecule has 2 aliphatic rings. The molecular formula is C24H27F6N5O6S. The second-order valence-electron chi connectivity index (χ2n) is 10.3. The van der Waals surface area contributed by atoms with Gasteiger partial charge in [0.2, 0.25) is 11.5 Å². The second kappa shape index (κ2) is 10.9. The van der Waals surface area contributed by atoms with Crippen LogP contribution in [-0.4, -0.2) is 66.8 Å². The van der Waals surface area contributed by atoms with Crippen LogP contribution in [0.25, 0.3) is 0 Å². The first-order chi connectivity index (χ1) is 19.3. The largest absolute Gasteiger partial charge is 0.484 e. The van der Waals surface area contributed by atoms with E-state index in [0.717, 1.165) is 10.4 Å². The fraction of sp³-hybridized carbons (Fsp3) is 0.542. The average molecular weight is 628 g/mol. The fourth-order valence-corrected chi connectivity index (χ4v) is 6.03. The molecule has 42 heavy (non-hydrogen) atoms. The summed E-state index contributed by atoms with van der Waals surface area (Å²) in [6, 6.07) is 2.39. The van der Waals surface area contributed by atoms with Crippen LogP contribution < -0.4 is 19.7 Å².